The number of hydrogen-bond donors (Lipinski definition) is 2. The normalized spacial score (nSPS) is 11.9. The van der Waals surface area contributed by atoms with Crippen LogP contribution in [0.2, 0.25) is 5.02 Å². The molecule has 8 nitrogen and oxygen atoms in total. The number of fused-ring (bicyclic) bond motifs is 1. The van der Waals surface area contributed by atoms with E-state index in [9.17, 15) is 10.1 Å². The second-order valence-corrected chi connectivity index (χ2v) is 10.8. The summed E-state index contributed by atoms with van der Waals surface area (Å²) in [4.78, 5) is 10.9. The van der Waals surface area contributed by atoms with Gasteiger partial charge in [0.15, 0.2) is 11.5 Å². The summed E-state index contributed by atoms with van der Waals surface area (Å²) in [6.45, 7) is 4.61. The van der Waals surface area contributed by atoms with Gasteiger partial charge in [0.05, 0.1) is 11.6 Å². The van der Waals surface area contributed by atoms with E-state index in [-0.39, 0.29) is 13.0 Å². The molecule has 0 aliphatic carbocycles. The monoisotopic (exact) mass is 612 g/mol. The number of hydrogen-bond acceptors (Lipinski definition) is 7. The number of nitrogens with zero attached hydrogens (tertiary/aromatic N) is 1. The number of ether oxygens (including phenoxy) is 4. The molecule has 0 atom stereocenters. The number of rotatable bonds is 13. The van der Waals surface area contributed by atoms with E-state index in [1.807, 2.05) is 54.6 Å². The Balaban J connectivity index is 1.34. The first-order chi connectivity index (χ1) is 21.4. The van der Waals surface area contributed by atoms with Gasteiger partial charge in [0.2, 0.25) is 0 Å². The first-order valence-electron chi connectivity index (χ1n) is 14.4. The van der Waals surface area contributed by atoms with Crippen molar-refractivity contribution in [1.29, 1.82) is 5.26 Å². The number of carboxylic acids is 1. The average molecular weight is 613 g/mol. The lowest BCUT2D eigenvalue weighted by atomic mass is 9.96. The van der Waals surface area contributed by atoms with E-state index in [0.29, 0.717) is 61.4 Å². The Morgan fingerprint density at radius 3 is 2.61 bits per heavy atom. The van der Waals surface area contributed by atoms with Gasteiger partial charge in [-0.05, 0) is 78.0 Å². The van der Waals surface area contributed by atoms with E-state index in [2.05, 4.69) is 24.4 Å². The molecule has 0 aromatic heterocycles. The summed E-state index contributed by atoms with van der Waals surface area (Å²) in [5.74, 6) is 1.61. The molecule has 0 radical (unpaired) electrons. The van der Waals surface area contributed by atoms with Gasteiger partial charge in [0.1, 0.15) is 42.9 Å². The van der Waals surface area contributed by atoms with Crippen LogP contribution in [0.15, 0.2) is 72.8 Å². The van der Waals surface area contributed by atoms with Crippen LogP contribution in [0, 0.1) is 18.3 Å². The van der Waals surface area contributed by atoms with Crippen molar-refractivity contribution in [2.75, 3.05) is 19.8 Å². The molecule has 0 unspecified atom stereocenters. The molecule has 2 N–H and O–H groups in total. The van der Waals surface area contributed by atoms with Gasteiger partial charge in [-0.15, -0.1) is 0 Å². The van der Waals surface area contributed by atoms with Crippen LogP contribution in [0.3, 0.4) is 0 Å². The van der Waals surface area contributed by atoms with Crippen LogP contribution in [0.1, 0.15) is 40.7 Å². The van der Waals surface area contributed by atoms with E-state index in [1.54, 1.807) is 12.1 Å². The molecule has 0 bridgehead atoms. The lowest BCUT2D eigenvalue weighted by Gasteiger charge is -2.20. The zero-order valence-electron chi connectivity index (χ0n) is 24.4. The van der Waals surface area contributed by atoms with E-state index in [0.717, 1.165) is 44.9 Å². The summed E-state index contributed by atoms with van der Waals surface area (Å²) in [6, 6.07) is 25.1. The largest absolute Gasteiger partial charge is 0.487 e. The minimum Gasteiger partial charge on any atom is -0.487 e. The molecule has 1 aliphatic heterocycles. The van der Waals surface area contributed by atoms with Crippen LogP contribution in [0.5, 0.6) is 23.0 Å². The van der Waals surface area contributed by atoms with Crippen molar-refractivity contribution >= 4 is 17.6 Å². The minimum absolute atomic E-state index is 0.0917. The summed E-state index contributed by atoms with van der Waals surface area (Å²) >= 11 is 6.89. The molecule has 5 rings (SSSR count). The lowest BCUT2D eigenvalue weighted by Crippen LogP contribution is -2.16. The Labute approximate surface area is 261 Å². The van der Waals surface area contributed by atoms with Gasteiger partial charge in [0, 0.05) is 18.5 Å². The molecule has 0 saturated heterocycles. The van der Waals surface area contributed by atoms with Crippen LogP contribution in [-0.4, -0.2) is 30.8 Å². The third-order valence-electron chi connectivity index (χ3n) is 7.32. The number of aliphatic carboxylic acids is 1. The molecular weight excluding hydrogens is 580 g/mol. The van der Waals surface area contributed by atoms with Crippen molar-refractivity contribution in [1.82, 2.24) is 5.32 Å². The quantitative estimate of drug-likeness (QED) is 0.154. The maximum Gasteiger partial charge on any atom is 0.303 e. The number of carboxylic acid groups (broad SMARTS) is 1. The minimum atomic E-state index is -0.827. The summed E-state index contributed by atoms with van der Waals surface area (Å²) in [5, 5.41) is 21.8. The highest BCUT2D eigenvalue weighted by molar-refractivity contribution is 6.33. The standard InChI is InChI=1S/C35H33ClN2O6/c1-23-28(7-3-8-29(23)26-10-12-30-32(18-26)42-16-15-41-30)22-43-31-13-11-27(20-38-14-4-9-33(39)40)35(34(31)36)44-21-25-6-2-5-24(17-25)19-37/h2-3,5-8,10-13,17-18,38H,4,9,14-16,20-22H2,1H3,(H,39,40). The maximum atomic E-state index is 10.9. The van der Waals surface area contributed by atoms with Crippen molar-refractivity contribution in [3.8, 4) is 40.2 Å². The zero-order valence-corrected chi connectivity index (χ0v) is 25.2. The first-order valence-corrected chi connectivity index (χ1v) is 14.8. The molecular formula is C35H33ClN2O6. The van der Waals surface area contributed by atoms with Gasteiger partial charge in [-0.2, -0.15) is 5.26 Å². The van der Waals surface area contributed by atoms with E-state index in [4.69, 9.17) is 35.7 Å². The molecule has 44 heavy (non-hydrogen) atoms. The molecule has 4 aromatic carbocycles. The van der Waals surface area contributed by atoms with Crippen LogP contribution < -0.4 is 24.3 Å². The highest BCUT2D eigenvalue weighted by atomic mass is 35.5. The van der Waals surface area contributed by atoms with Gasteiger partial charge in [-0.3, -0.25) is 4.79 Å². The maximum absolute atomic E-state index is 10.9. The van der Waals surface area contributed by atoms with Crippen LogP contribution in [-0.2, 0) is 24.6 Å². The van der Waals surface area contributed by atoms with Crippen LogP contribution in [0.4, 0.5) is 0 Å². The Hall–Kier alpha value is -4.71. The number of nitrogens with one attached hydrogen (secondary N) is 1. The fourth-order valence-corrected chi connectivity index (χ4v) is 5.27. The fourth-order valence-electron chi connectivity index (χ4n) is 4.98. The van der Waals surface area contributed by atoms with Gasteiger partial charge < -0.3 is 29.4 Å². The van der Waals surface area contributed by atoms with Crippen molar-refractivity contribution in [3.05, 3.63) is 106 Å². The Morgan fingerprint density at radius 1 is 0.977 bits per heavy atom. The second-order valence-electron chi connectivity index (χ2n) is 10.4. The summed E-state index contributed by atoms with van der Waals surface area (Å²) in [5.41, 5.74) is 6.38. The van der Waals surface area contributed by atoms with Gasteiger partial charge in [-0.1, -0.05) is 54.1 Å². The third-order valence-corrected chi connectivity index (χ3v) is 7.68. The number of nitriles is 1. The van der Waals surface area contributed by atoms with Gasteiger partial charge in [0.25, 0.3) is 0 Å². The molecule has 226 valence electrons. The molecule has 0 fully saturated rings. The fraction of sp³-hybridized carbons (Fsp3) is 0.257. The predicted octanol–water partition coefficient (Wildman–Crippen LogP) is 7.07. The highest BCUT2D eigenvalue weighted by Crippen LogP contribution is 2.39. The SMILES string of the molecule is Cc1c(COc2ccc(CNCCCC(=O)O)c(OCc3cccc(C#N)c3)c2Cl)cccc1-c1ccc2c(c1)OCCO2. The molecule has 4 aromatic rings. The molecule has 0 amide bonds. The average Bonchev–Trinajstić information content (AvgIpc) is 3.04. The predicted molar refractivity (Wildman–Crippen MR) is 167 cm³/mol. The number of benzene rings is 4. The lowest BCUT2D eigenvalue weighted by molar-refractivity contribution is -0.137. The Bertz CT molecular complexity index is 1680. The van der Waals surface area contributed by atoms with E-state index >= 15 is 0 Å². The zero-order chi connectivity index (χ0) is 30.9. The van der Waals surface area contributed by atoms with E-state index in [1.165, 1.54) is 0 Å². The van der Waals surface area contributed by atoms with Crippen LogP contribution in [0.25, 0.3) is 11.1 Å². The van der Waals surface area contributed by atoms with Gasteiger partial charge >= 0.3 is 5.97 Å². The number of carbonyl (C=O) groups is 1. The Morgan fingerprint density at radius 2 is 1.80 bits per heavy atom. The van der Waals surface area contributed by atoms with Crippen LogP contribution >= 0.6 is 11.6 Å². The summed E-state index contributed by atoms with van der Waals surface area (Å²) in [6.07, 6.45) is 0.598. The van der Waals surface area contributed by atoms with Crippen molar-refractivity contribution < 1.29 is 28.8 Å². The third kappa shape index (κ3) is 7.62. The van der Waals surface area contributed by atoms with E-state index < -0.39 is 5.97 Å². The van der Waals surface area contributed by atoms with Crippen molar-refractivity contribution in [3.63, 3.8) is 0 Å². The molecule has 9 heteroatoms. The van der Waals surface area contributed by atoms with Crippen molar-refractivity contribution in [2.24, 2.45) is 0 Å². The molecule has 1 heterocycles. The van der Waals surface area contributed by atoms with Gasteiger partial charge in [-0.25, -0.2) is 0 Å². The Kier molecular flexibility index (Phi) is 10.2. The topological polar surface area (TPSA) is 110 Å². The second kappa shape index (κ2) is 14.6. The highest BCUT2D eigenvalue weighted by Gasteiger charge is 2.17. The smallest absolute Gasteiger partial charge is 0.303 e. The number of halogens is 1. The summed E-state index contributed by atoms with van der Waals surface area (Å²) < 4.78 is 23.9. The summed E-state index contributed by atoms with van der Waals surface area (Å²) in [7, 11) is 0. The molecule has 1 aliphatic rings. The molecule has 0 spiro atoms. The molecule has 0 saturated carbocycles. The first kappa shape index (κ1) is 30.7. The van der Waals surface area contributed by atoms with Crippen molar-refractivity contribution in [2.45, 2.75) is 39.5 Å².